The molecule has 15 heavy (non-hydrogen) atoms. The van der Waals surface area contributed by atoms with E-state index in [-0.39, 0.29) is 12.4 Å². The summed E-state index contributed by atoms with van der Waals surface area (Å²) in [6.45, 7) is -0.153. The number of aliphatic hydroxyl groups excluding tert-OH is 1. The lowest BCUT2D eigenvalue weighted by Gasteiger charge is -2.04. The van der Waals surface area contributed by atoms with E-state index in [1.165, 1.54) is 0 Å². The van der Waals surface area contributed by atoms with Crippen LogP contribution in [0, 0.1) is 0 Å². The molecule has 0 fully saturated rings. The van der Waals surface area contributed by atoms with Crippen LogP contribution >= 0.6 is 0 Å². The Labute approximate surface area is 87.2 Å². The Kier molecular flexibility index (Phi) is 2.69. The van der Waals surface area contributed by atoms with Gasteiger partial charge in [-0.05, 0) is 17.7 Å². The second kappa shape index (κ2) is 4.14. The first-order chi connectivity index (χ1) is 7.29. The number of benzene rings is 1. The van der Waals surface area contributed by atoms with Crippen molar-refractivity contribution in [3.8, 4) is 5.75 Å². The first kappa shape index (κ1) is 9.73. The molecule has 1 aromatic carbocycles. The molecule has 0 radical (unpaired) electrons. The van der Waals surface area contributed by atoms with E-state index >= 15 is 0 Å². The molecular formula is C11H12N2O2. The van der Waals surface area contributed by atoms with Crippen molar-refractivity contribution in [2.75, 3.05) is 0 Å². The number of hydrogen-bond acceptors (Lipinski definition) is 3. The number of aromatic amines is 1. The van der Waals surface area contributed by atoms with Crippen LogP contribution in [0.5, 0.6) is 5.75 Å². The Bertz CT molecular complexity index is 438. The van der Waals surface area contributed by atoms with Crippen LogP contribution in [-0.4, -0.2) is 20.2 Å². The van der Waals surface area contributed by atoms with E-state index in [0.29, 0.717) is 12.0 Å². The van der Waals surface area contributed by atoms with Gasteiger partial charge in [0.15, 0.2) is 0 Å². The van der Waals surface area contributed by atoms with Crippen LogP contribution in [0.4, 0.5) is 0 Å². The molecule has 0 saturated carbocycles. The van der Waals surface area contributed by atoms with Gasteiger partial charge < -0.3 is 15.2 Å². The fraction of sp³-hybridized carbons (Fsp3) is 0.182. The second-order valence-electron chi connectivity index (χ2n) is 3.36. The zero-order valence-corrected chi connectivity index (χ0v) is 8.14. The third kappa shape index (κ3) is 2.16. The summed E-state index contributed by atoms with van der Waals surface area (Å²) in [7, 11) is 0. The van der Waals surface area contributed by atoms with Gasteiger partial charge in [0.2, 0.25) is 0 Å². The van der Waals surface area contributed by atoms with E-state index in [9.17, 15) is 5.11 Å². The van der Waals surface area contributed by atoms with Crippen LogP contribution in [0.3, 0.4) is 0 Å². The van der Waals surface area contributed by atoms with Crippen LogP contribution in [0.25, 0.3) is 0 Å². The molecule has 0 aliphatic rings. The Morgan fingerprint density at radius 1 is 1.33 bits per heavy atom. The minimum atomic E-state index is -0.153. The van der Waals surface area contributed by atoms with Gasteiger partial charge in [0.1, 0.15) is 5.75 Å². The summed E-state index contributed by atoms with van der Waals surface area (Å²) in [5.41, 5.74) is 2.50. The normalized spacial score (nSPS) is 10.5. The lowest BCUT2D eigenvalue weighted by Crippen LogP contribution is -1.91. The van der Waals surface area contributed by atoms with Gasteiger partial charge in [0.25, 0.3) is 0 Å². The molecule has 0 aliphatic heterocycles. The molecule has 78 valence electrons. The molecule has 2 aromatic rings. The quantitative estimate of drug-likeness (QED) is 0.703. The number of aromatic hydroxyl groups is 1. The minimum absolute atomic E-state index is 0.128. The number of aliphatic hydroxyl groups is 1. The maximum absolute atomic E-state index is 9.38. The zero-order valence-electron chi connectivity index (χ0n) is 8.14. The Hall–Kier alpha value is -1.81. The highest BCUT2D eigenvalue weighted by Crippen LogP contribution is 2.19. The van der Waals surface area contributed by atoms with Gasteiger partial charge >= 0.3 is 0 Å². The topological polar surface area (TPSA) is 69.1 Å². The summed E-state index contributed by atoms with van der Waals surface area (Å²) >= 11 is 0. The minimum Gasteiger partial charge on any atom is -0.508 e. The van der Waals surface area contributed by atoms with E-state index in [4.69, 9.17) is 5.11 Å². The number of nitrogens with zero attached hydrogens (tertiary/aromatic N) is 1. The first-order valence-corrected chi connectivity index (χ1v) is 4.69. The van der Waals surface area contributed by atoms with Gasteiger partial charge in [-0.3, -0.25) is 0 Å². The molecule has 1 heterocycles. The summed E-state index contributed by atoms with van der Waals surface area (Å²) in [6.07, 6.45) is 4.14. The lowest BCUT2D eigenvalue weighted by molar-refractivity contribution is 0.275. The van der Waals surface area contributed by atoms with E-state index < -0.39 is 0 Å². The summed E-state index contributed by atoms with van der Waals surface area (Å²) in [4.78, 5) is 6.99. The van der Waals surface area contributed by atoms with Crippen molar-refractivity contribution in [2.45, 2.75) is 13.0 Å². The highest BCUT2D eigenvalue weighted by molar-refractivity contribution is 5.36. The highest BCUT2D eigenvalue weighted by atomic mass is 16.3. The van der Waals surface area contributed by atoms with Crippen molar-refractivity contribution in [1.82, 2.24) is 9.97 Å². The molecule has 4 nitrogen and oxygen atoms in total. The van der Waals surface area contributed by atoms with Crippen molar-refractivity contribution in [2.24, 2.45) is 0 Å². The predicted molar refractivity (Wildman–Crippen MR) is 55.4 cm³/mol. The number of nitrogens with one attached hydrogen (secondary N) is 1. The lowest BCUT2D eigenvalue weighted by atomic mass is 10.1. The van der Waals surface area contributed by atoms with Crippen molar-refractivity contribution in [1.29, 1.82) is 0 Å². The SMILES string of the molecule is OCc1cc(Cc2c[nH]cn2)ccc1O. The zero-order chi connectivity index (χ0) is 10.7. The van der Waals surface area contributed by atoms with Gasteiger partial charge in [-0.1, -0.05) is 6.07 Å². The molecule has 0 unspecified atom stereocenters. The summed E-state index contributed by atoms with van der Waals surface area (Å²) in [6, 6.07) is 5.20. The Balaban J connectivity index is 2.22. The maximum Gasteiger partial charge on any atom is 0.121 e. The monoisotopic (exact) mass is 204 g/mol. The molecule has 0 spiro atoms. The number of imidazole rings is 1. The highest BCUT2D eigenvalue weighted by Gasteiger charge is 2.03. The van der Waals surface area contributed by atoms with Crippen LogP contribution in [-0.2, 0) is 13.0 Å². The number of phenols is 1. The van der Waals surface area contributed by atoms with Gasteiger partial charge in [0, 0.05) is 18.2 Å². The van der Waals surface area contributed by atoms with Crippen LogP contribution in [0.1, 0.15) is 16.8 Å². The van der Waals surface area contributed by atoms with Crippen molar-refractivity contribution >= 4 is 0 Å². The average Bonchev–Trinajstić information content (AvgIpc) is 2.73. The summed E-state index contributed by atoms with van der Waals surface area (Å²) in [5, 5.41) is 18.4. The van der Waals surface area contributed by atoms with Crippen molar-refractivity contribution in [3.63, 3.8) is 0 Å². The fourth-order valence-corrected chi connectivity index (χ4v) is 1.47. The van der Waals surface area contributed by atoms with E-state index in [1.54, 1.807) is 18.5 Å². The third-order valence-corrected chi connectivity index (χ3v) is 2.25. The number of aromatic nitrogens is 2. The van der Waals surface area contributed by atoms with Crippen LogP contribution < -0.4 is 0 Å². The van der Waals surface area contributed by atoms with E-state index in [2.05, 4.69) is 9.97 Å². The largest absolute Gasteiger partial charge is 0.508 e. The molecule has 0 atom stereocenters. The standard InChI is InChI=1S/C11H12N2O2/c14-6-9-3-8(1-2-11(9)15)4-10-5-12-7-13-10/h1-3,5,7,14-15H,4,6H2,(H,12,13). The maximum atomic E-state index is 9.38. The molecule has 0 saturated heterocycles. The molecule has 4 heteroatoms. The second-order valence-corrected chi connectivity index (χ2v) is 3.36. The first-order valence-electron chi connectivity index (χ1n) is 4.69. The molecule has 2 rings (SSSR count). The van der Waals surface area contributed by atoms with Gasteiger partial charge in [-0.2, -0.15) is 0 Å². The Morgan fingerprint density at radius 3 is 2.87 bits per heavy atom. The summed E-state index contributed by atoms with van der Waals surface area (Å²) in [5.74, 6) is 0.128. The molecule has 0 aliphatic carbocycles. The van der Waals surface area contributed by atoms with Crippen LogP contribution in [0.2, 0.25) is 0 Å². The van der Waals surface area contributed by atoms with E-state index in [0.717, 1.165) is 11.3 Å². The Morgan fingerprint density at radius 2 is 2.20 bits per heavy atom. The number of hydrogen-bond donors (Lipinski definition) is 3. The van der Waals surface area contributed by atoms with Gasteiger partial charge in [0.05, 0.1) is 18.6 Å². The van der Waals surface area contributed by atoms with E-state index in [1.807, 2.05) is 12.3 Å². The van der Waals surface area contributed by atoms with Gasteiger partial charge in [-0.15, -0.1) is 0 Å². The molecule has 0 amide bonds. The number of H-pyrrole nitrogens is 1. The molecule has 0 bridgehead atoms. The molecule has 1 aromatic heterocycles. The fourth-order valence-electron chi connectivity index (χ4n) is 1.47. The third-order valence-electron chi connectivity index (χ3n) is 2.25. The molecule has 3 N–H and O–H groups in total. The van der Waals surface area contributed by atoms with Crippen molar-refractivity contribution in [3.05, 3.63) is 47.5 Å². The molecular weight excluding hydrogens is 192 g/mol. The van der Waals surface area contributed by atoms with Gasteiger partial charge in [-0.25, -0.2) is 4.98 Å². The smallest absolute Gasteiger partial charge is 0.121 e. The summed E-state index contributed by atoms with van der Waals surface area (Å²) < 4.78 is 0. The predicted octanol–water partition coefficient (Wildman–Crippen LogP) is 1.20. The number of rotatable bonds is 3. The average molecular weight is 204 g/mol. The van der Waals surface area contributed by atoms with Crippen molar-refractivity contribution < 1.29 is 10.2 Å². The van der Waals surface area contributed by atoms with Crippen LogP contribution in [0.15, 0.2) is 30.7 Å².